The minimum Gasteiger partial charge on any atom is -0.391 e. The molecule has 1 aliphatic rings. The number of rotatable bonds is 5. The lowest BCUT2D eigenvalue weighted by molar-refractivity contribution is 0.122. The van der Waals surface area contributed by atoms with Crippen LogP contribution in [0.1, 0.15) is 11.1 Å². The van der Waals surface area contributed by atoms with Crippen LogP contribution in [-0.2, 0) is 16.2 Å². The van der Waals surface area contributed by atoms with Crippen molar-refractivity contribution in [3.8, 4) is 0 Å². The zero-order valence-corrected chi connectivity index (χ0v) is 14.7. The lowest BCUT2D eigenvalue weighted by Gasteiger charge is -2.28. The minimum absolute atomic E-state index is 0.462. The van der Waals surface area contributed by atoms with Gasteiger partial charge >= 0.3 is 0 Å². The van der Waals surface area contributed by atoms with Gasteiger partial charge in [-0.3, -0.25) is 0 Å². The standard InChI is InChI=1S/C22H22N2O2/c1-2-7-22-19(4-1)5-3-6-20(22)17-26-23-16-18-8-10-21(11-9-18)24-12-14-25-15-13-24/h1-11,16H,12-15,17H2. The Morgan fingerprint density at radius 1 is 0.923 bits per heavy atom. The predicted molar refractivity (Wildman–Crippen MR) is 106 cm³/mol. The highest BCUT2D eigenvalue weighted by Gasteiger charge is 2.10. The lowest BCUT2D eigenvalue weighted by Crippen LogP contribution is -2.36. The molecule has 26 heavy (non-hydrogen) atoms. The molecule has 0 spiro atoms. The Labute approximate surface area is 153 Å². The van der Waals surface area contributed by atoms with Crippen LogP contribution in [0.15, 0.2) is 71.9 Å². The molecule has 1 aliphatic heterocycles. The fourth-order valence-electron chi connectivity index (χ4n) is 3.22. The highest BCUT2D eigenvalue weighted by Crippen LogP contribution is 2.19. The normalized spacial score (nSPS) is 14.8. The molecule has 0 radical (unpaired) electrons. The second kappa shape index (κ2) is 8.02. The van der Waals surface area contributed by atoms with Crippen LogP contribution < -0.4 is 4.90 Å². The third-order valence-corrected chi connectivity index (χ3v) is 4.65. The van der Waals surface area contributed by atoms with Gasteiger partial charge in [-0.1, -0.05) is 59.8 Å². The van der Waals surface area contributed by atoms with Crippen molar-refractivity contribution >= 4 is 22.7 Å². The van der Waals surface area contributed by atoms with Crippen LogP contribution in [0.5, 0.6) is 0 Å². The Morgan fingerprint density at radius 2 is 1.69 bits per heavy atom. The number of anilines is 1. The number of fused-ring (bicyclic) bond motifs is 1. The second-order valence-electron chi connectivity index (χ2n) is 6.34. The van der Waals surface area contributed by atoms with E-state index in [1.807, 2.05) is 12.1 Å². The molecule has 1 fully saturated rings. The molecular weight excluding hydrogens is 324 g/mol. The molecule has 4 nitrogen and oxygen atoms in total. The van der Waals surface area contributed by atoms with Crippen molar-refractivity contribution < 1.29 is 9.57 Å². The summed E-state index contributed by atoms with van der Waals surface area (Å²) in [6, 6.07) is 22.9. The number of hydrogen-bond acceptors (Lipinski definition) is 4. The summed E-state index contributed by atoms with van der Waals surface area (Å²) in [5, 5.41) is 6.55. The van der Waals surface area contributed by atoms with Gasteiger partial charge < -0.3 is 14.5 Å². The molecule has 3 aromatic carbocycles. The summed E-state index contributed by atoms with van der Waals surface area (Å²) in [4.78, 5) is 7.86. The first-order valence-corrected chi connectivity index (χ1v) is 8.95. The first-order chi connectivity index (χ1) is 12.9. The van der Waals surface area contributed by atoms with E-state index < -0.39 is 0 Å². The van der Waals surface area contributed by atoms with Crippen molar-refractivity contribution in [3.05, 3.63) is 77.9 Å². The first kappa shape index (κ1) is 16.6. The van der Waals surface area contributed by atoms with Crippen molar-refractivity contribution in [2.75, 3.05) is 31.2 Å². The van der Waals surface area contributed by atoms with E-state index in [1.54, 1.807) is 6.21 Å². The second-order valence-corrected chi connectivity index (χ2v) is 6.34. The molecule has 0 atom stereocenters. The van der Waals surface area contributed by atoms with E-state index in [0.29, 0.717) is 6.61 Å². The van der Waals surface area contributed by atoms with Gasteiger partial charge in [0, 0.05) is 18.8 Å². The van der Waals surface area contributed by atoms with Gasteiger partial charge in [-0.25, -0.2) is 0 Å². The highest BCUT2D eigenvalue weighted by atomic mass is 16.6. The summed E-state index contributed by atoms with van der Waals surface area (Å²) < 4.78 is 5.39. The van der Waals surface area contributed by atoms with E-state index in [9.17, 15) is 0 Å². The summed E-state index contributed by atoms with van der Waals surface area (Å²) in [5.74, 6) is 0. The summed E-state index contributed by atoms with van der Waals surface area (Å²) in [6.45, 7) is 3.95. The van der Waals surface area contributed by atoms with Gasteiger partial charge in [0.1, 0.15) is 6.61 Å². The molecule has 3 aromatic rings. The van der Waals surface area contributed by atoms with Crippen molar-refractivity contribution in [2.45, 2.75) is 6.61 Å². The molecule has 0 aliphatic carbocycles. The maximum atomic E-state index is 5.52. The van der Waals surface area contributed by atoms with Crippen LogP contribution >= 0.6 is 0 Å². The number of morpholine rings is 1. The molecule has 0 unspecified atom stereocenters. The molecule has 132 valence electrons. The summed E-state index contributed by atoms with van der Waals surface area (Å²) >= 11 is 0. The fourth-order valence-corrected chi connectivity index (χ4v) is 3.22. The van der Waals surface area contributed by atoms with Crippen LogP contribution in [0.4, 0.5) is 5.69 Å². The predicted octanol–water partition coefficient (Wildman–Crippen LogP) is 4.23. The Kier molecular flexibility index (Phi) is 5.12. The maximum absolute atomic E-state index is 5.52. The molecule has 0 aromatic heterocycles. The SMILES string of the molecule is C(=NOCc1cccc2ccccc12)c1ccc(N2CCOCC2)cc1. The van der Waals surface area contributed by atoms with Gasteiger partial charge in [0.2, 0.25) is 0 Å². The van der Waals surface area contributed by atoms with Gasteiger partial charge in [-0.2, -0.15) is 0 Å². The maximum Gasteiger partial charge on any atom is 0.142 e. The van der Waals surface area contributed by atoms with Gasteiger partial charge in [-0.05, 0) is 34.0 Å². The lowest BCUT2D eigenvalue weighted by atomic mass is 10.1. The zero-order chi connectivity index (χ0) is 17.6. The Balaban J connectivity index is 1.36. The van der Waals surface area contributed by atoms with E-state index in [1.165, 1.54) is 16.5 Å². The molecule has 0 bridgehead atoms. The molecule has 4 rings (SSSR count). The number of hydrogen-bond donors (Lipinski definition) is 0. The van der Waals surface area contributed by atoms with E-state index in [-0.39, 0.29) is 0 Å². The van der Waals surface area contributed by atoms with E-state index in [4.69, 9.17) is 9.57 Å². The molecule has 0 N–H and O–H groups in total. The third kappa shape index (κ3) is 3.86. The quantitative estimate of drug-likeness (QED) is 0.512. The average molecular weight is 346 g/mol. The molecule has 0 amide bonds. The van der Waals surface area contributed by atoms with Crippen LogP contribution in [0, 0.1) is 0 Å². The highest BCUT2D eigenvalue weighted by molar-refractivity contribution is 5.85. The summed E-state index contributed by atoms with van der Waals surface area (Å²) in [5.41, 5.74) is 3.39. The van der Waals surface area contributed by atoms with Crippen LogP contribution in [0.3, 0.4) is 0 Å². The first-order valence-electron chi connectivity index (χ1n) is 8.95. The Morgan fingerprint density at radius 3 is 2.54 bits per heavy atom. The van der Waals surface area contributed by atoms with Gasteiger partial charge in [0.05, 0.1) is 19.4 Å². The molecule has 4 heteroatoms. The van der Waals surface area contributed by atoms with Crippen LogP contribution in [-0.4, -0.2) is 32.5 Å². The average Bonchev–Trinajstić information content (AvgIpc) is 2.72. The number of benzene rings is 3. The largest absolute Gasteiger partial charge is 0.391 e. The van der Waals surface area contributed by atoms with E-state index in [0.717, 1.165) is 37.4 Å². The summed E-state index contributed by atoms with van der Waals surface area (Å²) in [6.07, 6.45) is 1.76. The summed E-state index contributed by atoms with van der Waals surface area (Å²) in [7, 11) is 0. The molecule has 1 heterocycles. The minimum atomic E-state index is 0.462. The van der Waals surface area contributed by atoms with Crippen LogP contribution in [0.25, 0.3) is 10.8 Å². The third-order valence-electron chi connectivity index (χ3n) is 4.65. The number of oxime groups is 1. The Bertz CT molecular complexity index is 879. The van der Waals surface area contributed by atoms with Gasteiger partial charge in [0.15, 0.2) is 0 Å². The van der Waals surface area contributed by atoms with Crippen molar-refractivity contribution in [1.29, 1.82) is 0 Å². The monoisotopic (exact) mass is 346 g/mol. The topological polar surface area (TPSA) is 34.1 Å². The van der Waals surface area contributed by atoms with Crippen molar-refractivity contribution in [2.24, 2.45) is 5.16 Å². The number of nitrogens with zero attached hydrogens (tertiary/aromatic N) is 2. The Hall–Kier alpha value is -2.85. The van der Waals surface area contributed by atoms with Crippen LogP contribution in [0.2, 0.25) is 0 Å². The van der Waals surface area contributed by atoms with Crippen molar-refractivity contribution in [3.63, 3.8) is 0 Å². The zero-order valence-electron chi connectivity index (χ0n) is 14.7. The number of ether oxygens (including phenoxy) is 1. The van der Waals surface area contributed by atoms with E-state index >= 15 is 0 Å². The van der Waals surface area contributed by atoms with E-state index in [2.05, 4.69) is 64.7 Å². The molecular formula is C22H22N2O2. The molecule has 0 saturated carbocycles. The van der Waals surface area contributed by atoms with Crippen molar-refractivity contribution in [1.82, 2.24) is 0 Å². The smallest absolute Gasteiger partial charge is 0.142 e. The molecule has 1 saturated heterocycles. The van der Waals surface area contributed by atoms with Gasteiger partial charge in [0.25, 0.3) is 0 Å². The van der Waals surface area contributed by atoms with Gasteiger partial charge in [-0.15, -0.1) is 0 Å². The fraction of sp³-hybridized carbons (Fsp3) is 0.227.